The second-order valence-corrected chi connectivity index (χ2v) is 9.52. The molecule has 0 radical (unpaired) electrons. The average Bonchev–Trinajstić information content (AvgIpc) is 3.72. The Labute approximate surface area is 231 Å². The lowest BCUT2D eigenvalue weighted by Gasteiger charge is -2.36. The molecule has 2 saturated heterocycles. The number of imidazole rings is 1. The van der Waals surface area contributed by atoms with E-state index in [-0.39, 0.29) is 68.8 Å². The lowest BCUT2D eigenvalue weighted by molar-refractivity contribution is -0.130. The number of carbonyl (C=O) groups is 3. The van der Waals surface area contributed by atoms with E-state index >= 15 is 8.78 Å². The van der Waals surface area contributed by atoms with Crippen LogP contribution in [0.25, 0.3) is 5.65 Å². The van der Waals surface area contributed by atoms with Gasteiger partial charge in [0.05, 0.1) is 37.7 Å². The van der Waals surface area contributed by atoms with Gasteiger partial charge < -0.3 is 24.3 Å². The summed E-state index contributed by atoms with van der Waals surface area (Å²) in [4.78, 5) is 49.8. The van der Waals surface area contributed by atoms with Crippen molar-refractivity contribution in [2.45, 2.75) is 12.6 Å². The van der Waals surface area contributed by atoms with Gasteiger partial charge in [0.2, 0.25) is 5.91 Å². The summed E-state index contributed by atoms with van der Waals surface area (Å²) >= 11 is 0. The molecule has 0 saturated carbocycles. The number of ether oxygens (including phenoxy) is 1. The molecule has 4 aromatic rings. The number of hydrogen-bond acceptors (Lipinski definition) is 9. The van der Waals surface area contributed by atoms with Gasteiger partial charge in [-0.3, -0.25) is 19.5 Å². The summed E-state index contributed by atoms with van der Waals surface area (Å²) in [6.45, 7) is 0.886. The Bertz CT molecular complexity index is 1550. The Morgan fingerprint density at radius 3 is 2.56 bits per heavy atom. The van der Waals surface area contributed by atoms with Gasteiger partial charge in [0.1, 0.15) is 17.5 Å². The van der Waals surface area contributed by atoms with Crippen molar-refractivity contribution in [1.29, 1.82) is 0 Å². The maximum atomic E-state index is 15.2. The number of benzene rings is 1. The summed E-state index contributed by atoms with van der Waals surface area (Å²) in [6, 6.07) is 2.19. The van der Waals surface area contributed by atoms with Crippen LogP contribution in [0.5, 0.6) is 0 Å². The molecule has 5 heterocycles. The highest BCUT2D eigenvalue weighted by Gasteiger charge is 2.34. The van der Waals surface area contributed by atoms with Gasteiger partial charge in [-0.1, -0.05) is 5.21 Å². The molecule has 1 aromatic carbocycles. The van der Waals surface area contributed by atoms with Crippen LogP contribution in [0.2, 0.25) is 0 Å². The van der Waals surface area contributed by atoms with Crippen molar-refractivity contribution in [3.8, 4) is 0 Å². The molecule has 16 heteroatoms. The molecule has 14 nitrogen and oxygen atoms in total. The van der Waals surface area contributed by atoms with Crippen molar-refractivity contribution in [3.63, 3.8) is 0 Å². The number of nitrogens with one attached hydrogen (secondary N) is 1. The summed E-state index contributed by atoms with van der Waals surface area (Å²) in [5.74, 6) is -2.49. The lowest BCUT2D eigenvalue weighted by Crippen LogP contribution is -2.51. The number of amides is 3. The molecule has 2 aliphatic heterocycles. The fourth-order valence-corrected chi connectivity index (χ4v) is 4.87. The number of nitrogens with zero attached hydrogens (tertiary/aromatic N) is 9. The van der Waals surface area contributed by atoms with Crippen molar-refractivity contribution >= 4 is 34.9 Å². The van der Waals surface area contributed by atoms with E-state index in [9.17, 15) is 14.4 Å². The molecule has 0 bridgehead atoms. The standard InChI is InChI=1S/C25H24F2N10O4/c26-18-9-16(37-14-17(41-25(37)40)13-36-4-2-30-32-36)10-19(27)23(18)34-7-5-33(6-8-34)22(38)12-29-24(39)20-15-35-3-1-28-11-21(35)31-20/h1-4,9-11,15,17H,5-8,12-14H2,(H,29,39)/t17-/m0/s1. The first-order valence-corrected chi connectivity index (χ1v) is 12.8. The monoisotopic (exact) mass is 566 g/mol. The first kappa shape index (κ1) is 26.1. The second kappa shape index (κ2) is 10.8. The van der Waals surface area contributed by atoms with Crippen LogP contribution < -0.4 is 15.1 Å². The number of piperazine rings is 1. The van der Waals surface area contributed by atoms with Crippen molar-refractivity contribution in [2.24, 2.45) is 0 Å². The number of aromatic nitrogens is 6. The van der Waals surface area contributed by atoms with Crippen molar-refractivity contribution in [1.82, 2.24) is 39.6 Å². The molecular weight excluding hydrogens is 542 g/mol. The molecule has 3 aromatic heterocycles. The third kappa shape index (κ3) is 5.35. The molecular formula is C25H24F2N10O4. The van der Waals surface area contributed by atoms with E-state index in [1.165, 1.54) is 38.0 Å². The number of fused-ring (bicyclic) bond motifs is 1. The van der Waals surface area contributed by atoms with Crippen LogP contribution in [0, 0.1) is 11.6 Å². The van der Waals surface area contributed by atoms with E-state index in [0.717, 1.165) is 12.1 Å². The van der Waals surface area contributed by atoms with Gasteiger partial charge >= 0.3 is 6.09 Å². The van der Waals surface area contributed by atoms with Crippen molar-refractivity contribution < 1.29 is 27.9 Å². The van der Waals surface area contributed by atoms with E-state index in [0.29, 0.717) is 5.65 Å². The van der Waals surface area contributed by atoms with Crippen LogP contribution in [0.4, 0.5) is 25.0 Å². The Kier molecular flexibility index (Phi) is 6.86. The van der Waals surface area contributed by atoms with Gasteiger partial charge in [0, 0.05) is 63.1 Å². The molecule has 6 rings (SSSR count). The first-order chi connectivity index (χ1) is 19.9. The van der Waals surface area contributed by atoms with Crippen LogP contribution in [0.3, 0.4) is 0 Å². The molecule has 3 amide bonds. The number of anilines is 2. The van der Waals surface area contributed by atoms with Gasteiger partial charge in [-0.25, -0.2) is 23.2 Å². The molecule has 41 heavy (non-hydrogen) atoms. The fourth-order valence-electron chi connectivity index (χ4n) is 4.87. The highest BCUT2D eigenvalue weighted by molar-refractivity contribution is 5.95. The predicted octanol–water partition coefficient (Wildman–Crippen LogP) is 0.703. The minimum absolute atomic E-state index is 0.0428. The van der Waals surface area contributed by atoms with Crippen LogP contribution in [0.1, 0.15) is 10.5 Å². The maximum absolute atomic E-state index is 15.2. The van der Waals surface area contributed by atoms with Crippen molar-refractivity contribution in [2.75, 3.05) is 49.1 Å². The Hall–Kier alpha value is -5.15. The Morgan fingerprint density at radius 1 is 1.07 bits per heavy atom. The minimum atomic E-state index is -0.831. The number of carbonyl (C=O) groups excluding carboxylic acids is 3. The van der Waals surface area contributed by atoms with Gasteiger partial charge in [0.25, 0.3) is 5.91 Å². The van der Waals surface area contributed by atoms with E-state index in [1.54, 1.807) is 23.0 Å². The number of cyclic esters (lactones) is 1. The molecule has 2 fully saturated rings. The lowest BCUT2D eigenvalue weighted by atomic mass is 10.2. The molecule has 1 atom stereocenters. The molecule has 0 unspecified atom stereocenters. The molecule has 1 N–H and O–H groups in total. The summed E-state index contributed by atoms with van der Waals surface area (Å²) in [7, 11) is 0. The summed E-state index contributed by atoms with van der Waals surface area (Å²) in [5, 5.41) is 10.1. The smallest absolute Gasteiger partial charge is 0.414 e. The third-order valence-electron chi connectivity index (χ3n) is 6.90. The summed E-state index contributed by atoms with van der Waals surface area (Å²) in [5.41, 5.74) is 0.460. The van der Waals surface area contributed by atoms with Crippen LogP contribution >= 0.6 is 0 Å². The van der Waals surface area contributed by atoms with Gasteiger partial charge in [-0.15, -0.1) is 5.10 Å². The molecule has 0 spiro atoms. The zero-order valence-electron chi connectivity index (χ0n) is 21.6. The molecule has 2 aliphatic rings. The average molecular weight is 567 g/mol. The van der Waals surface area contributed by atoms with Crippen LogP contribution in [0.15, 0.2) is 49.3 Å². The summed E-state index contributed by atoms with van der Waals surface area (Å²) in [6.07, 6.45) is 8.12. The highest BCUT2D eigenvalue weighted by atomic mass is 19.1. The quantitative estimate of drug-likeness (QED) is 0.342. The maximum Gasteiger partial charge on any atom is 0.414 e. The zero-order valence-corrected chi connectivity index (χ0v) is 21.6. The van der Waals surface area contributed by atoms with Gasteiger partial charge in [0.15, 0.2) is 17.3 Å². The Balaban J connectivity index is 1.03. The largest absolute Gasteiger partial charge is 0.442 e. The highest BCUT2D eigenvalue weighted by Crippen LogP contribution is 2.31. The van der Waals surface area contributed by atoms with E-state index in [2.05, 4.69) is 25.6 Å². The predicted molar refractivity (Wildman–Crippen MR) is 138 cm³/mol. The zero-order chi connectivity index (χ0) is 28.5. The van der Waals surface area contributed by atoms with Gasteiger partial charge in [-0.05, 0) is 0 Å². The number of halogens is 2. The van der Waals surface area contributed by atoms with Crippen LogP contribution in [-0.4, -0.2) is 97.5 Å². The molecule has 0 aliphatic carbocycles. The third-order valence-corrected chi connectivity index (χ3v) is 6.90. The Morgan fingerprint density at radius 2 is 1.85 bits per heavy atom. The van der Waals surface area contributed by atoms with E-state index in [4.69, 9.17) is 4.74 Å². The number of hydrogen-bond donors (Lipinski definition) is 1. The number of rotatable bonds is 7. The molecule has 212 valence electrons. The normalized spacial score (nSPS) is 17.3. The minimum Gasteiger partial charge on any atom is -0.442 e. The van der Waals surface area contributed by atoms with Crippen molar-refractivity contribution in [3.05, 3.63) is 66.6 Å². The topological polar surface area (TPSA) is 143 Å². The fraction of sp³-hybridized carbons (Fsp3) is 0.320. The summed E-state index contributed by atoms with van der Waals surface area (Å²) < 4.78 is 38.8. The van der Waals surface area contributed by atoms with Gasteiger partial charge in [-0.2, -0.15) is 0 Å². The SMILES string of the molecule is O=C(NCC(=O)N1CCN(c2c(F)cc(N3C[C@H](Cn4ccnn4)OC3=O)cc2F)CC1)c1cn2ccncc2n1. The van der Waals surface area contributed by atoms with E-state index in [1.807, 2.05) is 0 Å². The van der Waals surface area contributed by atoms with Crippen LogP contribution in [-0.2, 0) is 16.1 Å². The second-order valence-electron chi connectivity index (χ2n) is 9.52. The van der Waals surface area contributed by atoms with E-state index < -0.39 is 29.7 Å². The first-order valence-electron chi connectivity index (χ1n) is 12.8.